The summed E-state index contributed by atoms with van der Waals surface area (Å²) < 4.78 is 0. The van der Waals surface area contributed by atoms with Gasteiger partial charge in [0.05, 0.1) is 11.9 Å². The number of nitrogens with two attached hydrogens (primary N) is 1. The minimum atomic E-state index is 0.244. The Morgan fingerprint density at radius 1 is 0.955 bits per heavy atom. The highest BCUT2D eigenvalue weighted by Crippen LogP contribution is 2.26. The van der Waals surface area contributed by atoms with Gasteiger partial charge in [0.1, 0.15) is 0 Å². The average Bonchev–Trinajstić information content (AvgIpc) is 3.08. The quantitative estimate of drug-likeness (QED) is 0.780. The molecule has 1 aromatic carbocycles. The Balaban J connectivity index is 1.86. The normalized spacial score (nSPS) is 14.6. The number of hydrogen-bond donors (Lipinski definition) is 1. The third kappa shape index (κ3) is 2.22. The van der Waals surface area contributed by atoms with E-state index in [1.54, 1.807) is 6.20 Å². The van der Waals surface area contributed by atoms with Gasteiger partial charge < -0.3 is 10.6 Å². The van der Waals surface area contributed by atoms with E-state index in [9.17, 15) is 0 Å². The molecule has 3 heterocycles. The largest absolute Gasteiger partial charge is 0.368 e. The first kappa shape index (κ1) is 12.9. The molecule has 1 aliphatic heterocycles. The molecule has 0 spiro atoms. The maximum Gasteiger partial charge on any atom is 0.224 e. The molecular formula is C16H16N6. The lowest BCUT2D eigenvalue weighted by atomic mass is 10.2. The second-order valence-corrected chi connectivity index (χ2v) is 5.39. The van der Waals surface area contributed by atoms with Crippen LogP contribution in [0, 0.1) is 0 Å². The molecule has 1 saturated heterocycles. The first-order chi connectivity index (χ1) is 10.8. The van der Waals surface area contributed by atoms with E-state index in [0.29, 0.717) is 5.65 Å². The summed E-state index contributed by atoms with van der Waals surface area (Å²) in [6.07, 6.45) is 4.11. The highest BCUT2D eigenvalue weighted by molar-refractivity contribution is 5.85. The monoisotopic (exact) mass is 292 g/mol. The predicted octanol–water partition coefficient (Wildman–Crippen LogP) is 2.27. The van der Waals surface area contributed by atoms with E-state index in [4.69, 9.17) is 5.73 Å². The van der Waals surface area contributed by atoms with Crippen LogP contribution in [0.15, 0.2) is 36.5 Å². The highest BCUT2D eigenvalue weighted by Gasteiger charge is 2.19. The zero-order chi connectivity index (χ0) is 14.9. The Morgan fingerprint density at radius 3 is 2.50 bits per heavy atom. The fourth-order valence-corrected chi connectivity index (χ4v) is 2.81. The molecule has 110 valence electrons. The Morgan fingerprint density at radius 2 is 1.73 bits per heavy atom. The molecule has 1 fully saturated rings. The van der Waals surface area contributed by atoms with Gasteiger partial charge in [-0.05, 0) is 12.8 Å². The summed E-state index contributed by atoms with van der Waals surface area (Å²) in [7, 11) is 0. The summed E-state index contributed by atoms with van der Waals surface area (Å²) in [5.41, 5.74) is 8.94. The minimum Gasteiger partial charge on any atom is -0.368 e. The zero-order valence-corrected chi connectivity index (χ0v) is 12.1. The zero-order valence-electron chi connectivity index (χ0n) is 12.1. The summed E-state index contributed by atoms with van der Waals surface area (Å²) in [6.45, 7) is 1.96. The molecule has 0 bridgehead atoms. The molecule has 0 unspecified atom stereocenters. The van der Waals surface area contributed by atoms with Crippen LogP contribution in [-0.2, 0) is 0 Å². The molecule has 4 rings (SSSR count). The number of aromatic nitrogens is 4. The second kappa shape index (κ2) is 5.22. The van der Waals surface area contributed by atoms with Crippen LogP contribution in [0.4, 0.5) is 11.8 Å². The summed E-state index contributed by atoms with van der Waals surface area (Å²) in [5.74, 6) is 1.04. The van der Waals surface area contributed by atoms with Gasteiger partial charge in [0, 0.05) is 18.7 Å². The van der Waals surface area contributed by atoms with Gasteiger partial charge in [0.15, 0.2) is 17.0 Å². The van der Waals surface area contributed by atoms with Crippen molar-refractivity contribution in [3.8, 4) is 11.3 Å². The van der Waals surface area contributed by atoms with E-state index in [1.807, 2.05) is 30.3 Å². The van der Waals surface area contributed by atoms with Crippen molar-refractivity contribution >= 4 is 22.9 Å². The smallest absolute Gasteiger partial charge is 0.224 e. The molecule has 0 amide bonds. The molecule has 6 heteroatoms. The van der Waals surface area contributed by atoms with Gasteiger partial charge in [-0.2, -0.15) is 9.97 Å². The molecule has 1 aliphatic rings. The van der Waals surface area contributed by atoms with Crippen molar-refractivity contribution in [3.05, 3.63) is 36.5 Å². The fraction of sp³-hybridized carbons (Fsp3) is 0.250. The van der Waals surface area contributed by atoms with Crippen LogP contribution in [-0.4, -0.2) is 33.0 Å². The van der Waals surface area contributed by atoms with E-state index < -0.39 is 0 Å². The number of nitrogen functional groups attached to an aromatic ring is 1. The Bertz CT molecular complexity index is 811. The van der Waals surface area contributed by atoms with Gasteiger partial charge in [-0.15, -0.1) is 0 Å². The molecule has 0 aliphatic carbocycles. The van der Waals surface area contributed by atoms with Crippen LogP contribution in [0.2, 0.25) is 0 Å². The van der Waals surface area contributed by atoms with Crippen molar-refractivity contribution in [3.63, 3.8) is 0 Å². The average molecular weight is 292 g/mol. The van der Waals surface area contributed by atoms with Crippen molar-refractivity contribution in [1.82, 2.24) is 19.9 Å². The van der Waals surface area contributed by atoms with E-state index >= 15 is 0 Å². The predicted molar refractivity (Wildman–Crippen MR) is 86.4 cm³/mol. The molecule has 6 nitrogen and oxygen atoms in total. The van der Waals surface area contributed by atoms with Gasteiger partial charge in [0.25, 0.3) is 0 Å². The molecule has 0 radical (unpaired) electrons. The van der Waals surface area contributed by atoms with Crippen molar-refractivity contribution < 1.29 is 0 Å². The lowest BCUT2D eigenvalue weighted by molar-refractivity contribution is 0.936. The summed E-state index contributed by atoms with van der Waals surface area (Å²) >= 11 is 0. The highest BCUT2D eigenvalue weighted by atomic mass is 15.2. The first-order valence-electron chi connectivity index (χ1n) is 7.42. The number of hydrogen-bond acceptors (Lipinski definition) is 6. The lowest BCUT2D eigenvalue weighted by Crippen LogP contribution is -2.20. The van der Waals surface area contributed by atoms with Gasteiger partial charge in [-0.1, -0.05) is 30.3 Å². The molecule has 3 aromatic rings. The third-order valence-corrected chi connectivity index (χ3v) is 3.88. The summed E-state index contributed by atoms with van der Waals surface area (Å²) in [5, 5.41) is 0. The fourth-order valence-electron chi connectivity index (χ4n) is 2.81. The number of rotatable bonds is 2. The minimum absolute atomic E-state index is 0.244. The van der Waals surface area contributed by atoms with Crippen LogP contribution in [0.1, 0.15) is 12.8 Å². The van der Waals surface area contributed by atoms with Crippen molar-refractivity contribution in [2.75, 3.05) is 23.7 Å². The maximum atomic E-state index is 5.86. The van der Waals surface area contributed by atoms with E-state index in [2.05, 4.69) is 24.8 Å². The molecular weight excluding hydrogens is 276 g/mol. The first-order valence-corrected chi connectivity index (χ1v) is 7.42. The van der Waals surface area contributed by atoms with Gasteiger partial charge >= 0.3 is 0 Å². The van der Waals surface area contributed by atoms with Crippen molar-refractivity contribution in [2.24, 2.45) is 0 Å². The Kier molecular flexibility index (Phi) is 3.07. The third-order valence-electron chi connectivity index (χ3n) is 3.88. The van der Waals surface area contributed by atoms with Crippen LogP contribution in [0.3, 0.4) is 0 Å². The second-order valence-electron chi connectivity index (χ2n) is 5.39. The Labute approximate surface area is 128 Å². The van der Waals surface area contributed by atoms with Crippen LogP contribution < -0.4 is 10.6 Å². The number of benzene rings is 1. The van der Waals surface area contributed by atoms with Gasteiger partial charge in [0.2, 0.25) is 5.95 Å². The summed E-state index contributed by atoms with van der Waals surface area (Å²) in [6, 6.07) is 9.93. The van der Waals surface area contributed by atoms with E-state index in [0.717, 1.165) is 35.7 Å². The van der Waals surface area contributed by atoms with Gasteiger partial charge in [-0.25, -0.2) is 9.97 Å². The molecule has 2 aromatic heterocycles. The standard InChI is InChI=1S/C16H16N6/c17-16-20-14-13(15(21-16)22-8-4-5-9-22)18-10-12(19-14)11-6-2-1-3-7-11/h1-3,6-7,10H,4-5,8-9H2,(H2,17,19,20,21). The summed E-state index contributed by atoms with van der Waals surface area (Å²) in [4.78, 5) is 20.0. The van der Waals surface area contributed by atoms with Crippen molar-refractivity contribution in [2.45, 2.75) is 12.8 Å². The van der Waals surface area contributed by atoms with Crippen LogP contribution in [0.25, 0.3) is 22.4 Å². The van der Waals surface area contributed by atoms with Gasteiger partial charge in [-0.3, -0.25) is 0 Å². The molecule has 0 atom stereocenters. The van der Waals surface area contributed by atoms with Crippen LogP contribution >= 0.6 is 0 Å². The SMILES string of the molecule is Nc1nc(N2CCCC2)c2ncc(-c3ccccc3)nc2n1. The molecule has 0 saturated carbocycles. The number of anilines is 2. The topological polar surface area (TPSA) is 80.8 Å². The maximum absolute atomic E-state index is 5.86. The Hall–Kier alpha value is -2.76. The lowest BCUT2D eigenvalue weighted by Gasteiger charge is -2.17. The van der Waals surface area contributed by atoms with E-state index in [1.165, 1.54) is 12.8 Å². The van der Waals surface area contributed by atoms with Crippen molar-refractivity contribution in [1.29, 1.82) is 0 Å². The number of fused-ring (bicyclic) bond motifs is 1. The van der Waals surface area contributed by atoms with Crippen LogP contribution in [0.5, 0.6) is 0 Å². The molecule has 2 N–H and O–H groups in total. The molecule has 22 heavy (non-hydrogen) atoms. The number of nitrogens with zero attached hydrogens (tertiary/aromatic N) is 5. The van der Waals surface area contributed by atoms with E-state index in [-0.39, 0.29) is 5.95 Å².